The molecule has 1 spiro atoms. The number of rotatable bonds is 4. The maximum absolute atomic E-state index is 12.1. The number of pyridine rings is 1. The van der Waals surface area contributed by atoms with Crippen LogP contribution in [0.5, 0.6) is 5.88 Å². The van der Waals surface area contributed by atoms with Gasteiger partial charge in [-0.3, -0.25) is 0 Å². The van der Waals surface area contributed by atoms with Crippen LogP contribution in [0.25, 0.3) is 0 Å². The molecule has 0 bridgehead atoms. The fraction of sp³-hybridized carbons (Fsp3) is 0.571. The average Bonchev–Trinajstić information content (AvgIpc) is 3.15. The Morgan fingerprint density at radius 1 is 1.41 bits per heavy atom. The van der Waals surface area contributed by atoms with Crippen molar-refractivity contribution in [3.05, 3.63) is 23.9 Å². The number of hydrogen-bond acceptors (Lipinski definition) is 3. The van der Waals surface area contributed by atoms with Gasteiger partial charge >= 0.3 is 12.4 Å². The predicted octanol–water partition coefficient (Wildman–Crippen LogP) is 2.72. The van der Waals surface area contributed by atoms with Crippen molar-refractivity contribution in [2.45, 2.75) is 44.6 Å². The summed E-state index contributed by atoms with van der Waals surface area (Å²) >= 11 is 0. The monoisotopic (exact) mass is 315 g/mol. The van der Waals surface area contributed by atoms with Crippen molar-refractivity contribution < 1.29 is 22.7 Å². The van der Waals surface area contributed by atoms with Gasteiger partial charge < -0.3 is 15.4 Å². The average molecular weight is 315 g/mol. The minimum atomic E-state index is -4.78. The van der Waals surface area contributed by atoms with Crippen LogP contribution in [0.3, 0.4) is 0 Å². The number of ether oxygens (including phenoxy) is 1. The lowest BCUT2D eigenvalue weighted by Crippen LogP contribution is -2.48. The number of halogens is 3. The first kappa shape index (κ1) is 14.9. The maximum atomic E-state index is 12.1. The van der Waals surface area contributed by atoms with Crippen molar-refractivity contribution >= 4 is 6.03 Å². The molecule has 1 aromatic heterocycles. The summed E-state index contributed by atoms with van der Waals surface area (Å²) in [5.41, 5.74) is 0.990. The van der Waals surface area contributed by atoms with Crippen LogP contribution >= 0.6 is 0 Å². The van der Waals surface area contributed by atoms with E-state index in [-0.39, 0.29) is 18.6 Å². The number of amides is 2. The molecular weight excluding hydrogens is 299 g/mol. The van der Waals surface area contributed by atoms with E-state index in [0.717, 1.165) is 18.9 Å². The van der Waals surface area contributed by atoms with E-state index >= 15 is 0 Å². The fourth-order valence-corrected chi connectivity index (χ4v) is 2.83. The first-order valence-electron chi connectivity index (χ1n) is 7.09. The third-order valence-corrected chi connectivity index (χ3v) is 4.12. The van der Waals surface area contributed by atoms with E-state index in [1.165, 1.54) is 25.1 Å². The molecule has 0 saturated heterocycles. The third kappa shape index (κ3) is 3.80. The number of urea groups is 1. The SMILES string of the molecule is O=C(NCc1ccnc(OC(F)(F)F)c1)NC1CC2(CC2)C1. The Balaban J connectivity index is 1.44. The standard InChI is InChI=1S/C14H16F3N3O2/c15-14(16,17)22-11-5-9(1-4-18-11)8-19-12(21)20-10-6-13(7-10)2-3-13/h1,4-5,10H,2-3,6-8H2,(H2,19,20,21). The Bertz CT molecular complexity index is 565. The highest BCUT2D eigenvalue weighted by atomic mass is 19.4. The second-order valence-corrected chi connectivity index (χ2v) is 5.98. The molecule has 3 rings (SSSR count). The highest BCUT2D eigenvalue weighted by Gasteiger charge is 2.53. The summed E-state index contributed by atoms with van der Waals surface area (Å²) in [6.07, 6.45) is 0.994. The summed E-state index contributed by atoms with van der Waals surface area (Å²) in [5, 5.41) is 5.48. The smallest absolute Gasteiger partial charge is 0.388 e. The zero-order valence-electron chi connectivity index (χ0n) is 11.7. The van der Waals surface area contributed by atoms with Crippen LogP contribution < -0.4 is 15.4 Å². The van der Waals surface area contributed by atoms with E-state index in [9.17, 15) is 18.0 Å². The van der Waals surface area contributed by atoms with Crippen LogP contribution in [-0.2, 0) is 6.54 Å². The maximum Gasteiger partial charge on any atom is 0.574 e. The Morgan fingerprint density at radius 3 is 2.77 bits per heavy atom. The molecule has 2 N–H and O–H groups in total. The lowest BCUT2D eigenvalue weighted by molar-refractivity contribution is -0.276. The second-order valence-electron chi connectivity index (χ2n) is 5.98. The van der Waals surface area contributed by atoms with Crippen LogP contribution in [0, 0.1) is 5.41 Å². The van der Waals surface area contributed by atoms with E-state index in [0.29, 0.717) is 11.0 Å². The van der Waals surface area contributed by atoms with Crippen molar-refractivity contribution in [3.63, 3.8) is 0 Å². The van der Waals surface area contributed by atoms with Gasteiger partial charge in [-0.1, -0.05) is 0 Å². The summed E-state index contributed by atoms with van der Waals surface area (Å²) in [6.45, 7) is 0.112. The van der Waals surface area contributed by atoms with Crippen LogP contribution in [0.1, 0.15) is 31.2 Å². The first-order valence-corrected chi connectivity index (χ1v) is 7.09. The highest BCUT2D eigenvalue weighted by molar-refractivity contribution is 5.74. The van der Waals surface area contributed by atoms with Gasteiger partial charge in [-0.05, 0) is 42.7 Å². The molecule has 2 aliphatic carbocycles. The van der Waals surface area contributed by atoms with Gasteiger partial charge in [-0.15, -0.1) is 13.2 Å². The minimum absolute atomic E-state index is 0.112. The van der Waals surface area contributed by atoms with Gasteiger partial charge in [-0.2, -0.15) is 0 Å². The topological polar surface area (TPSA) is 63.2 Å². The molecule has 2 amide bonds. The number of hydrogen-bond donors (Lipinski definition) is 2. The molecule has 8 heteroatoms. The third-order valence-electron chi connectivity index (χ3n) is 4.12. The Morgan fingerprint density at radius 2 is 2.14 bits per heavy atom. The lowest BCUT2D eigenvalue weighted by Gasteiger charge is -2.36. The van der Waals surface area contributed by atoms with Gasteiger partial charge in [0, 0.05) is 24.8 Å². The summed E-state index contributed by atoms with van der Waals surface area (Å²) in [6, 6.07) is 2.57. The molecule has 0 aliphatic heterocycles. The normalized spacial score (nSPS) is 19.4. The Kier molecular flexibility index (Phi) is 3.62. The van der Waals surface area contributed by atoms with E-state index in [2.05, 4.69) is 20.4 Å². The predicted molar refractivity (Wildman–Crippen MR) is 71.0 cm³/mol. The Hall–Kier alpha value is -1.99. The minimum Gasteiger partial charge on any atom is -0.388 e. The van der Waals surface area contributed by atoms with Gasteiger partial charge in [0.15, 0.2) is 0 Å². The van der Waals surface area contributed by atoms with E-state index in [4.69, 9.17) is 0 Å². The molecule has 2 fully saturated rings. The van der Waals surface area contributed by atoms with E-state index in [1.807, 2.05) is 0 Å². The molecule has 22 heavy (non-hydrogen) atoms. The van der Waals surface area contributed by atoms with Crippen LogP contribution in [-0.4, -0.2) is 23.4 Å². The molecule has 120 valence electrons. The van der Waals surface area contributed by atoms with E-state index in [1.54, 1.807) is 0 Å². The molecule has 2 aliphatic rings. The summed E-state index contributed by atoms with van der Waals surface area (Å²) in [7, 11) is 0. The number of carbonyl (C=O) groups is 1. The van der Waals surface area contributed by atoms with Crippen LogP contribution in [0.15, 0.2) is 18.3 Å². The quantitative estimate of drug-likeness (QED) is 0.898. The largest absolute Gasteiger partial charge is 0.574 e. The summed E-state index contributed by atoms with van der Waals surface area (Å²) in [5.74, 6) is -0.540. The number of nitrogens with zero attached hydrogens (tertiary/aromatic N) is 1. The van der Waals surface area contributed by atoms with Gasteiger partial charge in [0.1, 0.15) is 0 Å². The molecule has 0 aromatic carbocycles. The fourth-order valence-electron chi connectivity index (χ4n) is 2.83. The zero-order chi connectivity index (χ0) is 15.8. The van der Waals surface area contributed by atoms with Crippen molar-refractivity contribution in [3.8, 4) is 5.88 Å². The number of carbonyl (C=O) groups excluding carboxylic acids is 1. The number of alkyl halides is 3. The molecule has 1 heterocycles. The molecular formula is C14H16F3N3O2. The summed E-state index contributed by atoms with van der Waals surface area (Å²) < 4.78 is 40.0. The molecule has 1 aromatic rings. The lowest BCUT2D eigenvalue weighted by atomic mass is 9.77. The number of nitrogens with one attached hydrogen (secondary N) is 2. The molecule has 0 unspecified atom stereocenters. The van der Waals surface area contributed by atoms with Crippen molar-refractivity contribution in [2.75, 3.05) is 0 Å². The zero-order valence-corrected chi connectivity index (χ0v) is 11.7. The van der Waals surface area contributed by atoms with Crippen molar-refractivity contribution in [1.82, 2.24) is 15.6 Å². The van der Waals surface area contributed by atoms with Crippen LogP contribution in [0.2, 0.25) is 0 Å². The van der Waals surface area contributed by atoms with Gasteiger partial charge in [-0.25, -0.2) is 9.78 Å². The van der Waals surface area contributed by atoms with Crippen molar-refractivity contribution in [1.29, 1.82) is 0 Å². The highest BCUT2D eigenvalue weighted by Crippen LogP contribution is 2.60. The summed E-state index contributed by atoms with van der Waals surface area (Å²) in [4.78, 5) is 15.2. The van der Waals surface area contributed by atoms with Gasteiger partial charge in [0.2, 0.25) is 5.88 Å². The molecule has 5 nitrogen and oxygen atoms in total. The second kappa shape index (κ2) is 5.33. The number of aromatic nitrogens is 1. The van der Waals surface area contributed by atoms with E-state index < -0.39 is 12.2 Å². The molecule has 0 atom stereocenters. The molecule has 2 saturated carbocycles. The Labute approximate surface area is 125 Å². The van der Waals surface area contributed by atoms with Crippen molar-refractivity contribution in [2.24, 2.45) is 5.41 Å². The van der Waals surface area contributed by atoms with Gasteiger partial charge in [0.25, 0.3) is 0 Å². The van der Waals surface area contributed by atoms with Gasteiger partial charge in [0.05, 0.1) is 0 Å². The van der Waals surface area contributed by atoms with Crippen LogP contribution in [0.4, 0.5) is 18.0 Å². The molecule has 0 radical (unpaired) electrons. The first-order chi connectivity index (χ1) is 10.3.